The van der Waals surface area contributed by atoms with Crippen molar-refractivity contribution in [3.63, 3.8) is 0 Å². The van der Waals surface area contributed by atoms with Gasteiger partial charge in [-0.2, -0.15) is 0 Å². The molecule has 4 heteroatoms. The molecule has 0 aromatic heterocycles. The van der Waals surface area contributed by atoms with Crippen molar-refractivity contribution in [2.75, 3.05) is 14.2 Å². The van der Waals surface area contributed by atoms with Crippen LogP contribution in [0.2, 0.25) is 5.02 Å². The Hall–Kier alpha value is -1.38. The quantitative estimate of drug-likeness (QED) is 0.710. The van der Waals surface area contributed by atoms with E-state index in [2.05, 4.69) is 26.0 Å². The zero-order chi connectivity index (χ0) is 15.6. The number of alkyl halides is 1. The van der Waals surface area contributed by atoms with Crippen molar-refractivity contribution < 1.29 is 9.47 Å². The van der Waals surface area contributed by atoms with Crippen LogP contribution in [0.15, 0.2) is 30.3 Å². The molecule has 0 amide bonds. The first-order chi connectivity index (χ1) is 9.97. The van der Waals surface area contributed by atoms with Crippen molar-refractivity contribution in [2.45, 2.75) is 19.2 Å². The second kappa shape index (κ2) is 6.59. The third-order valence-electron chi connectivity index (χ3n) is 3.60. The summed E-state index contributed by atoms with van der Waals surface area (Å²) in [6.07, 6.45) is 0. The fourth-order valence-corrected chi connectivity index (χ4v) is 2.80. The van der Waals surface area contributed by atoms with Crippen molar-refractivity contribution in [3.8, 4) is 11.5 Å². The van der Waals surface area contributed by atoms with Crippen LogP contribution in [0.25, 0.3) is 0 Å². The molecule has 0 aliphatic carbocycles. The number of aryl methyl sites for hydroxylation is 2. The van der Waals surface area contributed by atoms with Gasteiger partial charge in [0, 0.05) is 11.1 Å². The van der Waals surface area contributed by atoms with Gasteiger partial charge in [0.25, 0.3) is 0 Å². The van der Waals surface area contributed by atoms with E-state index in [1.165, 1.54) is 11.1 Å². The minimum atomic E-state index is -0.336. The molecule has 0 N–H and O–H groups in total. The number of ether oxygens (including phenoxy) is 2. The lowest BCUT2D eigenvalue weighted by Gasteiger charge is -2.16. The minimum absolute atomic E-state index is 0.336. The molecule has 112 valence electrons. The van der Waals surface area contributed by atoms with Gasteiger partial charge in [-0.05, 0) is 42.2 Å². The van der Waals surface area contributed by atoms with Crippen molar-refractivity contribution in [1.29, 1.82) is 0 Å². The van der Waals surface area contributed by atoms with Crippen molar-refractivity contribution in [2.24, 2.45) is 0 Å². The lowest BCUT2D eigenvalue weighted by atomic mass is 9.99. The van der Waals surface area contributed by atoms with Crippen LogP contribution in [0.4, 0.5) is 0 Å². The van der Waals surface area contributed by atoms with Gasteiger partial charge in [-0.25, -0.2) is 0 Å². The summed E-state index contributed by atoms with van der Waals surface area (Å²) >= 11 is 12.9. The first kappa shape index (κ1) is 16.0. The maximum absolute atomic E-state index is 6.60. The van der Waals surface area contributed by atoms with Crippen LogP contribution in [0.1, 0.15) is 27.6 Å². The molecule has 2 nitrogen and oxygen atoms in total. The van der Waals surface area contributed by atoms with E-state index >= 15 is 0 Å². The van der Waals surface area contributed by atoms with Crippen molar-refractivity contribution in [1.82, 2.24) is 0 Å². The van der Waals surface area contributed by atoms with E-state index in [0.717, 1.165) is 11.1 Å². The Morgan fingerprint density at radius 2 is 1.52 bits per heavy atom. The molecule has 2 rings (SSSR count). The molecule has 0 radical (unpaired) electrons. The van der Waals surface area contributed by atoms with Gasteiger partial charge >= 0.3 is 0 Å². The predicted molar refractivity (Wildman–Crippen MR) is 88.2 cm³/mol. The highest BCUT2D eigenvalue weighted by Crippen LogP contribution is 2.40. The summed E-state index contributed by atoms with van der Waals surface area (Å²) in [4.78, 5) is 0. The summed E-state index contributed by atoms with van der Waals surface area (Å²) in [5, 5.41) is 0.225. The Balaban J connectivity index is 2.47. The van der Waals surface area contributed by atoms with Gasteiger partial charge < -0.3 is 9.47 Å². The Bertz CT molecular complexity index is 653. The summed E-state index contributed by atoms with van der Waals surface area (Å²) in [6.45, 7) is 4.14. The maximum Gasteiger partial charge on any atom is 0.162 e. The second-order valence-electron chi connectivity index (χ2n) is 4.93. The summed E-state index contributed by atoms with van der Waals surface area (Å²) in [7, 11) is 3.17. The average Bonchev–Trinajstić information content (AvgIpc) is 2.49. The topological polar surface area (TPSA) is 18.5 Å². The molecular weight excluding hydrogens is 307 g/mol. The highest BCUT2D eigenvalue weighted by molar-refractivity contribution is 6.33. The van der Waals surface area contributed by atoms with E-state index in [1.807, 2.05) is 12.1 Å². The van der Waals surface area contributed by atoms with Crippen LogP contribution in [-0.2, 0) is 0 Å². The highest BCUT2D eigenvalue weighted by atomic mass is 35.5. The van der Waals surface area contributed by atoms with Gasteiger partial charge in [0.05, 0.1) is 19.6 Å². The zero-order valence-corrected chi connectivity index (χ0v) is 14.0. The fraction of sp³-hybridized carbons (Fsp3) is 0.294. The van der Waals surface area contributed by atoms with Gasteiger partial charge in [0.1, 0.15) is 0 Å². The largest absolute Gasteiger partial charge is 0.493 e. The molecule has 0 aliphatic rings. The van der Waals surface area contributed by atoms with Gasteiger partial charge in [-0.15, -0.1) is 11.6 Å². The van der Waals surface area contributed by atoms with E-state index in [1.54, 1.807) is 20.3 Å². The third kappa shape index (κ3) is 3.28. The van der Waals surface area contributed by atoms with Crippen LogP contribution in [0.5, 0.6) is 11.5 Å². The van der Waals surface area contributed by atoms with Gasteiger partial charge in [-0.3, -0.25) is 0 Å². The average molecular weight is 325 g/mol. The molecule has 0 saturated heterocycles. The molecule has 0 fully saturated rings. The number of rotatable bonds is 4. The zero-order valence-electron chi connectivity index (χ0n) is 12.5. The Kier molecular flexibility index (Phi) is 5.02. The molecule has 0 aliphatic heterocycles. The lowest BCUT2D eigenvalue weighted by molar-refractivity contribution is 0.354. The summed E-state index contributed by atoms with van der Waals surface area (Å²) in [6, 6.07) is 9.72. The highest BCUT2D eigenvalue weighted by Gasteiger charge is 2.18. The first-order valence-corrected chi connectivity index (χ1v) is 7.42. The van der Waals surface area contributed by atoms with Crippen LogP contribution >= 0.6 is 23.2 Å². The minimum Gasteiger partial charge on any atom is -0.493 e. The number of hydrogen-bond donors (Lipinski definition) is 0. The molecule has 0 spiro atoms. The van der Waals surface area contributed by atoms with Gasteiger partial charge in [0.2, 0.25) is 0 Å². The molecule has 1 atom stereocenters. The number of halogens is 2. The molecule has 2 aromatic carbocycles. The first-order valence-electron chi connectivity index (χ1n) is 6.60. The molecule has 1 unspecified atom stereocenters. The van der Waals surface area contributed by atoms with Crippen LogP contribution in [0.3, 0.4) is 0 Å². The fourth-order valence-electron chi connectivity index (χ4n) is 2.17. The Morgan fingerprint density at radius 3 is 2.10 bits per heavy atom. The van der Waals surface area contributed by atoms with E-state index in [9.17, 15) is 0 Å². The van der Waals surface area contributed by atoms with Crippen LogP contribution in [0, 0.1) is 13.8 Å². The van der Waals surface area contributed by atoms with Gasteiger partial charge in [0.15, 0.2) is 11.5 Å². The Morgan fingerprint density at radius 1 is 0.905 bits per heavy atom. The second-order valence-corrected chi connectivity index (χ2v) is 5.78. The maximum atomic E-state index is 6.60. The van der Waals surface area contributed by atoms with Gasteiger partial charge in [-0.1, -0.05) is 29.8 Å². The molecule has 2 aromatic rings. The van der Waals surface area contributed by atoms with E-state index in [-0.39, 0.29) is 5.38 Å². The monoisotopic (exact) mass is 324 g/mol. The smallest absolute Gasteiger partial charge is 0.162 e. The van der Waals surface area contributed by atoms with Crippen LogP contribution < -0.4 is 9.47 Å². The number of methoxy groups -OCH3 is 2. The Labute approximate surface area is 135 Å². The summed E-state index contributed by atoms with van der Waals surface area (Å²) < 4.78 is 10.6. The molecule has 0 bridgehead atoms. The normalized spacial score (nSPS) is 12.1. The molecule has 0 saturated carbocycles. The summed E-state index contributed by atoms with van der Waals surface area (Å²) in [5.74, 6) is 1.21. The standard InChI is InChI=1S/C17H18Cl2O2/c1-10-5-6-12(7-11(10)2)17(19)13-8-15(20-3)16(21-4)9-14(13)18/h5-9,17H,1-4H3. The lowest BCUT2D eigenvalue weighted by Crippen LogP contribution is -1.99. The predicted octanol–water partition coefficient (Wildman–Crippen LogP) is 5.30. The number of hydrogen-bond acceptors (Lipinski definition) is 2. The van der Waals surface area contributed by atoms with E-state index in [0.29, 0.717) is 16.5 Å². The summed E-state index contributed by atoms with van der Waals surface area (Å²) in [5.41, 5.74) is 4.25. The number of benzene rings is 2. The molecule has 0 heterocycles. The van der Waals surface area contributed by atoms with Crippen molar-refractivity contribution in [3.05, 3.63) is 57.6 Å². The molecular formula is C17H18Cl2O2. The van der Waals surface area contributed by atoms with Crippen LogP contribution in [-0.4, -0.2) is 14.2 Å². The third-order valence-corrected chi connectivity index (χ3v) is 4.41. The van der Waals surface area contributed by atoms with E-state index < -0.39 is 0 Å². The molecule has 21 heavy (non-hydrogen) atoms. The van der Waals surface area contributed by atoms with Crippen molar-refractivity contribution >= 4 is 23.2 Å². The van der Waals surface area contributed by atoms with E-state index in [4.69, 9.17) is 32.7 Å². The SMILES string of the molecule is COc1cc(Cl)c(C(Cl)c2ccc(C)c(C)c2)cc1OC.